The van der Waals surface area contributed by atoms with E-state index in [1.807, 2.05) is 0 Å². The number of rotatable bonds is 1. The summed E-state index contributed by atoms with van der Waals surface area (Å²) >= 11 is 0. The van der Waals surface area contributed by atoms with Gasteiger partial charge in [0.1, 0.15) is 17.3 Å². The summed E-state index contributed by atoms with van der Waals surface area (Å²) in [7, 11) is 0. The van der Waals surface area contributed by atoms with E-state index in [-0.39, 0.29) is 23.2 Å². The lowest BCUT2D eigenvalue weighted by molar-refractivity contribution is -0.123. The first kappa shape index (κ1) is 12.7. The number of hydrogen-bond acceptors (Lipinski definition) is 4. The molecule has 0 fully saturated rings. The van der Waals surface area contributed by atoms with Crippen LogP contribution in [0.1, 0.15) is 30.0 Å². The van der Waals surface area contributed by atoms with Crippen molar-refractivity contribution in [2.75, 3.05) is 0 Å². The highest BCUT2D eigenvalue weighted by atomic mass is 19.1. The van der Waals surface area contributed by atoms with Crippen LogP contribution in [0.5, 0.6) is 0 Å². The number of nitrogens with zero attached hydrogens (tertiary/aromatic N) is 1. The summed E-state index contributed by atoms with van der Waals surface area (Å²) in [6.45, 7) is 3.36. The van der Waals surface area contributed by atoms with E-state index in [0.717, 1.165) is 0 Å². The predicted octanol–water partition coefficient (Wildman–Crippen LogP) is 2.81. The van der Waals surface area contributed by atoms with Gasteiger partial charge in [0.05, 0.1) is 5.56 Å². The number of hydrogen-bond donors (Lipinski definition) is 0. The SMILES string of the molecule is CC1(C)Cc2onc(-c3ccccc3F)c2C(=O)C1=O. The minimum atomic E-state index is -0.809. The molecule has 0 radical (unpaired) electrons. The highest BCUT2D eigenvalue weighted by Gasteiger charge is 2.44. The van der Waals surface area contributed by atoms with Gasteiger partial charge in [0, 0.05) is 17.4 Å². The molecule has 0 spiro atoms. The van der Waals surface area contributed by atoms with Crippen LogP contribution < -0.4 is 0 Å². The second-order valence-electron chi connectivity index (χ2n) is 5.53. The van der Waals surface area contributed by atoms with Crippen molar-refractivity contribution in [3.63, 3.8) is 0 Å². The van der Waals surface area contributed by atoms with Crippen LogP contribution in [-0.2, 0) is 11.2 Å². The summed E-state index contributed by atoms with van der Waals surface area (Å²) in [5.41, 5.74) is -0.444. The molecule has 1 aliphatic rings. The molecule has 0 amide bonds. The van der Waals surface area contributed by atoms with Gasteiger partial charge >= 0.3 is 0 Å². The highest BCUT2D eigenvalue weighted by Crippen LogP contribution is 2.37. The monoisotopic (exact) mass is 273 g/mol. The number of halogens is 1. The van der Waals surface area contributed by atoms with Crippen LogP contribution in [0.4, 0.5) is 4.39 Å². The minimum Gasteiger partial charge on any atom is -0.360 e. The molecule has 0 bridgehead atoms. The zero-order valence-corrected chi connectivity index (χ0v) is 11.1. The van der Waals surface area contributed by atoms with Crippen molar-refractivity contribution in [1.29, 1.82) is 0 Å². The second kappa shape index (κ2) is 4.10. The zero-order valence-electron chi connectivity index (χ0n) is 11.1. The number of fused-ring (bicyclic) bond motifs is 1. The number of carbonyl (C=O) groups is 2. The second-order valence-corrected chi connectivity index (χ2v) is 5.53. The molecule has 1 aromatic heterocycles. The zero-order chi connectivity index (χ0) is 14.5. The molecule has 5 heteroatoms. The average Bonchev–Trinajstić information content (AvgIpc) is 2.79. The number of benzene rings is 1. The Morgan fingerprint density at radius 2 is 1.95 bits per heavy atom. The van der Waals surface area contributed by atoms with Crippen molar-refractivity contribution in [3.05, 3.63) is 41.4 Å². The van der Waals surface area contributed by atoms with Gasteiger partial charge in [0.25, 0.3) is 0 Å². The fourth-order valence-electron chi connectivity index (χ4n) is 2.42. The van der Waals surface area contributed by atoms with Gasteiger partial charge in [-0.25, -0.2) is 4.39 Å². The molecule has 1 aromatic carbocycles. The number of ketones is 2. The fourth-order valence-corrected chi connectivity index (χ4v) is 2.42. The first-order valence-electron chi connectivity index (χ1n) is 6.24. The van der Waals surface area contributed by atoms with Crippen molar-refractivity contribution in [3.8, 4) is 11.3 Å². The molecular formula is C15H12FNO3. The van der Waals surface area contributed by atoms with Crippen molar-refractivity contribution >= 4 is 11.6 Å². The third-order valence-corrected chi connectivity index (χ3v) is 3.54. The van der Waals surface area contributed by atoms with Crippen LogP contribution in [0.2, 0.25) is 0 Å². The molecule has 0 unspecified atom stereocenters. The van der Waals surface area contributed by atoms with Gasteiger partial charge < -0.3 is 4.52 Å². The van der Waals surface area contributed by atoms with Crippen molar-refractivity contribution in [1.82, 2.24) is 5.16 Å². The first-order valence-corrected chi connectivity index (χ1v) is 6.24. The van der Waals surface area contributed by atoms with Gasteiger partial charge in [-0.15, -0.1) is 0 Å². The van der Waals surface area contributed by atoms with Crippen LogP contribution >= 0.6 is 0 Å². The maximum Gasteiger partial charge on any atom is 0.235 e. The lowest BCUT2D eigenvalue weighted by Gasteiger charge is -2.24. The molecule has 0 atom stereocenters. The Balaban J connectivity index is 2.21. The van der Waals surface area contributed by atoms with E-state index in [0.29, 0.717) is 5.76 Å². The van der Waals surface area contributed by atoms with Gasteiger partial charge in [-0.05, 0) is 12.1 Å². The molecule has 2 aromatic rings. The summed E-state index contributed by atoms with van der Waals surface area (Å²) in [5, 5.41) is 3.79. The maximum atomic E-state index is 13.8. The lowest BCUT2D eigenvalue weighted by Crippen LogP contribution is -2.38. The van der Waals surface area contributed by atoms with E-state index in [1.165, 1.54) is 12.1 Å². The van der Waals surface area contributed by atoms with Gasteiger partial charge in [0.15, 0.2) is 0 Å². The Labute approximate surface area is 114 Å². The summed E-state index contributed by atoms with van der Waals surface area (Å²) in [4.78, 5) is 24.3. The topological polar surface area (TPSA) is 60.2 Å². The number of Topliss-reactive ketones (excluding diaryl/α,β-unsaturated/α-hetero) is 2. The predicted molar refractivity (Wildman–Crippen MR) is 68.7 cm³/mol. The van der Waals surface area contributed by atoms with E-state index in [1.54, 1.807) is 26.0 Å². The van der Waals surface area contributed by atoms with E-state index in [4.69, 9.17) is 4.52 Å². The quantitative estimate of drug-likeness (QED) is 0.749. The van der Waals surface area contributed by atoms with Crippen LogP contribution in [-0.4, -0.2) is 16.7 Å². The molecule has 0 saturated carbocycles. The molecule has 0 N–H and O–H groups in total. The largest absolute Gasteiger partial charge is 0.360 e. The summed E-state index contributed by atoms with van der Waals surface area (Å²) in [5.74, 6) is -1.31. The number of carbonyl (C=O) groups excluding carboxylic acids is 2. The first-order chi connectivity index (χ1) is 9.42. The molecule has 0 saturated heterocycles. The molecule has 1 aliphatic carbocycles. The van der Waals surface area contributed by atoms with E-state index in [2.05, 4.69) is 5.16 Å². The Bertz CT molecular complexity index is 730. The molecule has 3 rings (SSSR count). The maximum absolute atomic E-state index is 13.8. The molecule has 20 heavy (non-hydrogen) atoms. The summed E-state index contributed by atoms with van der Waals surface area (Å²) < 4.78 is 19.0. The summed E-state index contributed by atoms with van der Waals surface area (Å²) in [6, 6.07) is 5.96. The van der Waals surface area contributed by atoms with E-state index < -0.39 is 22.8 Å². The Morgan fingerprint density at radius 1 is 1.25 bits per heavy atom. The Hall–Kier alpha value is -2.30. The van der Waals surface area contributed by atoms with Gasteiger partial charge in [-0.1, -0.05) is 31.1 Å². The molecule has 102 valence electrons. The number of aromatic nitrogens is 1. The smallest absolute Gasteiger partial charge is 0.235 e. The van der Waals surface area contributed by atoms with Gasteiger partial charge in [-0.3, -0.25) is 9.59 Å². The van der Waals surface area contributed by atoms with Crippen molar-refractivity contribution in [2.24, 2.45) is 5.41 Å². The average molecular weight is 273 g/mol. The fraction of sp³-hybridized carbons (Fsp3) is 0.267. The molecular weight excluding hydrogens is 261 g/mol. The van der Waals surface area contributed by atoms with Crippen LogP contribution in [0.3, 0.4) is 0 Å². The van der Waals surface area contributed by atoms with Crippen LogP contribution in [0.25, 0.3) is 11.3 Å². The third-order valence-electron chi connectivity index (χ3n) is 3.54. The van der Waals surface area contributed by atoms with Gasteiger partial charge in [-0.2, -0.15) is 0 Å². The van der Waals surface area contributed by atoms with Crippen LogP contribution in [0, 0.1) is 11.2 Å². The van der Waals surface area contributed by atoms with E-state index in [9.17, 15) is 14.0 Å². The lowest BCUT2D eigenvalue weighted by atomic mass is 9.74. The molecule has 4 nitrogen and oxygen atoms in total. The summed E-state index contributed by atoms with van der Waals surface area (Å²) in [6.07, 6.45) is 0.286. The highest BCUT2D eigenvalue weighted by molar-refractivity contribution is 6.47. The molecule has 0 aliphatic heterocycles. The van der Waals surface area contributed by atoms with Crippen LogP contribution in [0.15, 0.2) is 28.8 Å². The third kappa shape index (κ3) is 1.70. The standard InChI is InChI=1S/C15H12FNO3/c1-15(2)7-10-11(13(18)14(15)19)12(17-20-10)8-5-3-4-6-9(8)16/h3-6H,7H2,1-2H3. The van der Waals surface area contributed by atoms with E-state index >= 15 is 0 Å². The normalized spacial score (nSPS) is 17.1. The van der Waals surface area contributed by atoms with Crippen molar-refractivity contribution in [2.45, 2.75) is 20.3 Å². The van der Waals surface area contributed by atoms with Gasteiger partial charge in [0.2, 0.25) is 11.6 Å². The van der Waals surface area contributed by atoms with Crippen molar-refractivity contribution < 1.29 is 18.5 Å². The molecule has 1 heterocycles. The Kier molecular flexibility index (Phi) is 2.61. The Morgan fingerprint density at radius 3 is 2.65 bits per heavy atom. The minimum absolute atomic E-state index is 0.0967.